The first-order valence-corrected chi connectivity index (χ1v) is 5.95. The van der Waals surface area contributed by atoms with E-state index in [1.807, 2.05) is 6.07 Å². The zero-order chi connectivity index (χ0) is 11.8. The van der Waals surface area contributed by atoms with Crippen LogP contribution in [-0.2, 0) is 6.42 Å². The van der Waals surface area contributed by atoms with Crippen LogP contribution >= 0.6 is 0 Å². The summed E-state index contributed by atoms with van der Waals surface area (Å²) in [4.78, 5) is 4.40. The Morgan fingerprint density at radius 3 is 3.00 bits per heavy atom. The Balaban J connectivity index is 1.97. The van der Waals surface area contributed by atoms with Crippen molar-refractivity contribution >= 4 is 5.69 Å². The molecule has 4 nitrogen and oxygen atoms in total. The van der Waals surface area contributed by atoms with Gasteiger partial charge < -0.3 is 9.84 Å². The zero-order valence-electron chi connectivity index (χ0n) is 10.0. The summed E-state index contributed by atoms with van der Waals surface area (Å²) in [7, 11) is 0. The van der Waals surface area contributed by atoms with Crippen molar-refractivity contribution in [2.24, 2.45) is 0 Å². The number of hydrogen-bond donors (Lipinski definition) is 1. The second-order valence-electron chi connectivity index (χ2n) is 4.66. The van der Waals surface area contributed by atoms with Gasteiger partial charge in [0, 0.05) is 23.7 Å². The van der Waals surface area contributed by atoms with E-state index < -0.39 is 0 Å². The van der Waals surface area contributed by atoms with E-state index in [9.17, 15) is 0 Å². The van der Waals surface area contributed by atoms with Crippen LogP contribution in [0.2, 0.25) is 0 Å². The minimum absolute atomic E-state index is 0.292. The fourth-order valence-electron chi connectivity index (χ4n) is 2.01. The van der Waals surface area contributed by atoms with Crippen molar-refractivity contribution in [3.8, 4) is 11.5 Å². The Morgan fingerprint density at radius 1 is 1.35 bits per heavy atom. The Labute approximate surface area is 100 Å². The van der Waals surface area contributed by atoms with Crippen molar-refractivity contribution in [3.05, 3.63) is 29.6 Å². The Kier molecular flexibility index (Phi) is 2.35. The molecule has 0 atom stereocenters. The van der Waals surface area contributed by atoms with Crippen molar-refractivity contribution in [1.82, 2.24) is 10.1 Å². The van der Waals surface area contributed by atoms with Crippen LogP contribution in [-0.4, -0.2) is 16.7 Å². The number of nitrogens with zero attached hydrogens (tertiary/aromatic N) is 2. The lowest BCUT2D eigenvalue weighted by Crippen LogP contribution is -1.91. The molecule has 3 rings (SSSR count). The number of benzene rings is 1. The molecule has 0 saturated carbocycles. The second-order valence-corrected chi connectivity index (χ2v) is 4.66. The maximum absolute atomic E-state index is 5.28. The summed E-state index contributed by atoms with van der Waals surface area (Å²) in [5, 5.41) is 7.33. The Hall–Kier alpha value is -1.84. The molecule has 0 saturated heterocycles. The highest BCUT2D eigenvalue weighted by molar-refractivity contribution is 5.66. The molecule has 0 bridgehead atoms. The van der Waals surface area contributed by atoms with E-state index >= 15 is 0 Å². The summed E-state index contributed by atoms with van der Waals surface area (Å²) in [6, 6.07) is 6.26. The predicted molar refractivity (Wildman–Crippen MR) is 66.0 cm³/mol. The first kappa shape index (κ1) is 10.3. The highest BCUT2D eigenvalue weighted by Crippen LogP contribution is 2.28. The summed E-state index contributed by atoms with van der Waals surface area (Å²) < 4.78 is 5.28. The molecular formula is C13H15N3O. The van der Waals surface area contributed by atoms with Gasteiger partial charge in [0.2, 0.25) is 0 Å². The molecule has 0 radical (unpaired) electrons. The van der Waals surface area contributed by atoms with Gasteiger partial charge >= 0.3 is 0 Å². The van der Waals surface area contributed by atoms with Gasteiger partial charge in [-0.3, -0.25) is 0 Å². The topological polar surface area (TPSA) is 51.0 Å². The first-order valence-electron chi connectivity index (χ1n) is 5.95. The average Bonchev–Trinajstić information content (AvgIpc) is 2.97. The van der Waals surface area contributed by atoms with Gasteiger partial charge in [0.1, 0.15) is 0 Å². The lowest BCUT2D eigenvalue weighted by atomic mass is 10.1. The molecule has 1 aliphatic heterocycles. The molecule has 1 aromatic heterocycles. The number of fused-ring (bicyclic) bond motifs is 1. The van der Waals surface area contributed by atoms with Crippen LogP contribution in [0.3, 0.4) is 0 Å². The molecule has 0 amide bonds. The van der Waals surface area contributed by atoms with Gasteiger partial charge in [0.15, 0.2) is 5.82 Å². The average molecular weight is 229 g/mol. The van der Waals surface area contributed by atoms with Crippen LogP contribution < -0.4 is 5.32 Å². The highest BCUT2D eigenvalue weighted by atomic mass is 16.5. The molecule has 1 aromatic carbocycles. The number of aromatic nitrogens is 2. The largest absolute Gasteiger partial charge is 0.384 e. The molecular weight excluding hydrogens is 214 g/mol. The molecule has 0 aliphatic carbocycles. The van der Waals surface area contributed by atoms with E-state index in [1.54, 1.807) is 0 Å². The lowest BCUT2D eigenvalue weighted by Gasteiger charge is -2.00. The number of hydrogen-bond acceptors (Lipinski definition) is 4. The third-order valence-electron chi connectivity index (χ3n) is 3.02. The highest BCUT2D eigenvalue weighted by Gasteiger charge is 2.15. The van der Waals surface area contributed by atoms with Crippen LogP contribution in [0.15, 0.2) is 22.7 Å². The summed E-state index contributed by atoms with van der Waals surface area (Å²) in [6.45, 7) is 5.12. The summed E-state index contributed by atoms with van der Waals surface area (Å²) in [5.41, 5.74) is 3.53. The maximum Gasteiger partial charge on any atom is 0.258 e. The third kappa shape index (κ3) is 1.79. The molecule has 0 unspecified atom stereocenters. The number of rotatable bonds is 2. The van der Waals surface area contributed by atoms with E-state index in [0.717, 1.165) is 24.4 Å². The predicted octanol–water partition coefficient (Wildman–Crippen LogP) is 2.83. The van der Waals surface area contributed by atoms with Gasteiger partial charge in [-0.25, -0.2) is 0 Å². The second kappa shape index (κ2) is 3.87. The van der Waals surface area contributed by atoms with Gasteiger partial charge in [-0.2, -0.15) is 4.98 Å². The van der Waals surface area contributed by atoms with Gasteiger partial charge in [-0.15, -0.1) is 0 Å². The molecule has 1 N–H and O–H groups in total. The van der Waals surface area contributed by atoms with Gasteiger partial charge in [-0.1, -0.05) is 25.1 Å². The molecule has 2 heterocycles. The summed E-state index contributed by atoms with van der Waals surface area (Å²) in [6.07, 6.45) is 1.09. The van der Waals surface area contributed by atoms with Crippen LogP contribution in [0, 0.1) is 0 Å². The first-order chi connectivity index (χ1) is 8.24. The van der Waals surface area contributed by atoms with Crippen LogP contribution in [0.25, 0.3) is 11.5 Å². The van der Waals surface area contributed by atoms with Gasteiger partial charge in [0.05, 0.1) is 0 Å². The molecule has 1 aliphatic rings. The minimum Gasteiger partial charge on any atom is -0.384 e. The van der Waals surface area contributed by atoms with Crippen LogP contribution in [0.4, 0.5) is 5.69 Å². The van der Waals surface area contributed by atoms with Crippen LogP contribution in [0.1, 0.15) is 31.2 Å². The summed E-state index contributed by atoms with van der Waals surface area (Å²) >= 11 is 0. The monoisotopic (exact) mass is 229 g/mol. The van der Waals surface area contributed by atoms with Crippen molar-refractivity contribution in [2.75, 3.05) is 11.9 Å². The van der Waals surface area contributed by atoms with E-state index in [4.69, 9.17) is 4.52 Å². The number of nitrogens with one attached hydrogen (secondary N) is 1. The fourth-order valence-corrected chi connectivity index (χ4v) is 2.01. The SMILES string of the molecule is CC(C)c1noc(-c2ccc3c(c2)NCC3)n1. The molecule has 0 fully saturated rings. The third-order valence-corrected chi connectivity index (χ3v) is 3.02. The summed E-state index contributed by atoms with van der Waals surface area (Å²) in [5.74, 6) is 1.65. The molecule has 88 valence electrons. The molecule has 17 heavy (non-hydrogen) atoms. The standard InChI is InChI=1S/C13H15N3O/c1-8(2)12-15-13(17-16-12)10-4-3-9-5-6-14-11(9)7-10/h3-4,7-8,14H,5-6H2,1-2H3. The van der Waals surface area contributed by atoms with E-state index in [0.29, 0.717) is 11.8 Å². The zero-order valence-corrected chi connectivity index (χ0v) is 10.0. The Morgan fingerprint density at radius 2 is 2.24 bits per heavy atom. The Bertz CT molecular complexity index is 545. The van der Waals surface area contributed by atoms with Crippen molar-refractivity contribution in [1.29, 1.82) is 0 Å². The smallest absolute Gasteiger partial charge is 0.258 e. The molecule has 4 heteroatoms. The van der Waals surface area contributed by atoms with Crippen LogP contribution in [0.5, 0.6) is 0 Å². The van der Waals surface area contributed by atoms with Gasteiger partial charge in [0.25, 0.3) is 5.89 Å². The van der Waals surface area contributed by atoms with Gasteiger partial charge in [-0.05, 0) is 24.1 Å². The van der Waals surface area contributed by atoms with Crippen molar-refractivity contribution < 1.29 is 4.52 Å². The van der Waals surface area contributed by atoms with E-state index in [1.165, 1.54) is 11.3 Å². The van der Waals surface area contributed by atoms with E-state index in [-0.39, 0.29) is 0 Å². The van der Waals surface area contributed by atoms with E-state index in [2.05, 4.69) is 41.4 Å². The van der Waals surface area contributed by atoms with Crippen molar-refractivity contribution in [3.63, 3.8) is 0 Å². The quantitative estimate of drug-likeness (QED) is 0.860. The maximum atomic E-state index is 5.28. The fraction of sp³-hybridized carbons (Fsp3) is 0.385. The minimum atomic E-state index is 0.292. The molecule has 0 spiro atoms. The van der Waals surface area contributed by atoms with Crippen molar-refractivity contribution in [2.45, 2.75) is 26.2 Å². The number of anilines is 1. The lowest BCUT2D eigenvalue weighted by molar-refractivity contribution is 0.419. The normalized spacial score (nSPS) is 13.8. The molecule has 2 aromatic rings.